The molecule has 1 aromatic heterocycles. The largest absolute Gasteiger partial charge is 0.360 e. The summed E-state index contributed by atoms with van der Waals surface area (Å²) in [5.41, 5.74) is 0.289. The molecule has 3 rings (SSSR count). The van der Waals surface area contributed by atoms with Gasteiger partial charge in [0.2, 0.25) is 15.9 Å². The van der Waals surface area contributed by atoms with Gasteiger partial charge in [-0.05, 0) is 20.3 Å². The van der Waals surface area contributed by atoms with Crippen LogP contribution in [0.3, 0.4) is 0 Å². The van der Waals surface area contributed by atoms with E-state index >= 15 is 0 Å². The maximum Gasteiger partial charge on any atom is 0.262 e. The van der Waals surface area contributed by atoms with Gasteiger partial charge in [-0.15, -0.1) is 0 Å². The van der Waals surface area contributed by atoms with Crippen LogP contribution in [0, 0.1) is 13.8 Å². The fraction of sp³-hybridized carbons (Fsp3) is 0.733. The minimum absolute atomic E-state index is 0.0504. The summed E-state index contributed by atoms with van der Waals surface area (Å²) in [6.45, 7) is 3.41. The van der Waals surface area contributed by atoms with Crippen molar-refractivity contribution in [3.63, 3.8) is 0 Å². The Morgan fingerprint density at radius 2 is 2.00 bits per heavy atom. The molecule has 2 fully saturated rings. The summed E-state index contributed by atoms with van der Waals surface area (Å²) in [6, 6.07) is -0.921. The van der Waals surface area contributed by atoms with Crippen molar-refractivity contribution in [2.75, 3.05) is 32.7 Å². The predicted molar refractivity (Wildman–Crippen MR) is 87.3 cm³/mol. The fourth-order valence-electron chi connectivity index (χ4n) is 3.44. The first-order valence-corrected chi connectivity index (χ1v) is 9.89. The molecule has 2 aliphatic rings. The van der Waals surface area contributed by atoms with Gasteiger partial charge in [-0.1, -0.05) is 5.16 Å². The number of nitrogens with zero attached hydrogens (tertiary/aromatic N) is 3. The number of nitrogens with one attached hydrogen (secondary N) is 1. The first-order valence-electron chi connectivity index (χ1n) is 8.45. The van der Waals surface area contributed by atoms with E-state index in [0.29, 0.717) is 13.0 Å². The second-order valence-electron chi connectivity index (χ2n) is 6.73. The maximum atomic E-state index is 13.3. The van der Waals surface area contributed by atoms with Gasteiger partial charge in [0.15, 0.2) is 5.76 Å². The van der Waals surface area contributed by atoms with Crippen LogP contribution in [0.4, 0.5) is 8.78 Å². The standard InChI is InChI=1S/C15H22F2N4O4S/c1-10-13(11(2)25-19-10)26(23,24)21-5-3-4-20(6-7-21)14(22)12-8-15(16,17)9-18-12/h12,18H,3-9H2,1-2H3. The minimum Gasteiger partial charge on any atom is -0.360 e. The molecule has 8 nitrogen and oxygen atoms in total. The molecular formula is C15H22F2N4O4S. The van der Waals surface area contributed by atoms with Crippen LogP contribution in [0.5, 0.6) is 0 Å². The van der Waals surface area contributed by atoms with Crippen LogP contribution in [0.15, 0.2) is 9.42 Å². The molecule has 1 aromatic rings. The van der Waals surface area contributed by atoms with Crippen LogP contribution in [-0.4, -0.2) is 73.4 Å². The van der Waals surface area contributed by atoms with Gasteiger partial charge < -0.3 is 9.42 Å². The number of amides is 1. The highest BCUT2D eigenvalue weighted by molar-refractivity contribution is 7.89. The molecule has 146 valence electrons. The Hall–Kier alpha value is -1.59. The molecule has 1 N–H and O–H groups in total. The number of carbonyl (C=O) groups excluding carboxylic acids is 1. The molecule has 26 heavy (non-hydrogen) atoms. The topological polar surface area (TPSA) is 95.8 Å². The van der Waals surface area contributed by atoms with Crippen LogP contribution < -0.4 is 5.32 Å². The van der Waals surface area contributed by atoms with Crippen molar-refractivity contribution in [1.29, 1.82) is 0 Å². The van der Waals surface area contributed by atoms with E-state index in [4.69, 9.17) is 4.52 Å². The number of halogens is 2. The van der Waals surface area contributed by atoms with E-state index in [9.17, 15) is 22.0 Å². The SMILES string of the molecule is Cc1noc(C)c1S(=O)(=O)N1CCCN(C(=O)C2CC(F)(F)CN2)CC1. The number of carbonyl (C=O) groups is 1. The molecule has 1 unspecified atom stereocenters. The lowest BCUT2D eigenvalue weighted by molar-refractivity contribution is -0.133. The third-order valence-corrected chi connectivity index (χ3v) is 6.88. The van der Waals surface area contributed by atoms with Gasteiger partial charge in [0.25, 0.3) is 5.92 Å². The summed E-state index contributed by atoms with van der Waals surface area (Å²) in [5, 5.41) is 6.23. The number of aromatic nitrogens is 1. The summed E-state index contributed by atoms with van der Waals surface area (Å²) in [5.74, 6) is -3.07. The second-order valence-corrected chi connectivity index (χ2v) is 8.60. The van der Waals surface area contributed by atoms with E-state index in [1.165, 1.54) is 16.1 Å². The van der Waals surface area contributed by atoms with Crippen molar-refractivity contribution in [2.24, 2.45) is 0 Å². The number of hydrogen-bond donors (Lipinski definition) is 1. The molecule has 0 saturated carbocycles. The zero-order chi connectivity index (χ0) is 19.1. The predicted octanol–water partition coefficient (Wildman–Crippen LogP) is 0.512. The smallest absolute Gasteiger partial charge is 0.262 e. The van der Waals surface area contributed by atoms with Crippen molar-refractivity contribution in [1.82, 2.24) is 19.7 Å². The molecule has 0 aliphatic carbocycles. The van der Waals surface area contributed by atoms with E-state index in [1.54, 1.807) is 6.92 Å². The van der Waals surface area contributed by atoms with Gasteiger partial charge in [-0.3, -0.25) is 10.1 Å². The number of sulfonamides is 1. The van der Waals surface area contributed by atoms with E-state index < -0.39 is 40.9 Å². The summed E-state index contributed by atoms with van der Waals surface area (Å²) < 4.78 is 58.6. The molecule has 0 radical (unpaired) electrons. The second kappa shape index (κ2) is 6.86. The Morgan fingerprint density at radius 1 is 1.27 bits per heavy atom. The van der Waals surface area contributed by atoms with Crippen molar-refractivity contribution in [2.45, 2.75) is 43.5 Å². The normalized spacial score (nSPS) is 24.6. The van der Waals surface area contributed by atoms with Gasteiger partial charge in [-0.25, -0.2) is 17.2 Å². The van der Waals surface area contributed by atoms with E-state index in [1.807, 2.05) is 0 Å². The van der Waals surface area contributed by atoms with Crippen molar-refractivity contribution in [3.8, 4) is 0 Å². The Labute approximate surface area is 150 Å². The van der Waals surface area contributed by atoms with E-state index in [-0.39, 0.29) is 36.0 Å². The summed E-state index contributed by atoms with van der Waals surface area (Å²) in [6.07, 6.45) is -0.0963. The molecule has 2 saturated heterocycles. The first-order chi connectivity index (χ1) is 12.1. The average molecular weight is 392 g/mol. The highest BCUT2D eigenvalue weighted by Crippen LogP contribution is 2.27. The van der Waals surface area contributed by atoms with E-state index in [0.717, 1.165) is 0 Å². The third-order valence-electron chi connectivity index (χ3n) is 4.74. The van der Waals surface area contributed by atoms with Crippen LogP contribution in [0.25, 0.3) is 0 Å². The molecule has 3 heterocycles. The maximum absolute atomic E-state index is 13.3. The molecular weight excluding hydrogens is 370 g/mol. The number of alkyl halides is 2. The van der Waals surface area contributed by atoms with E-state index in [2.05, 4.69) is 10.5 Å². The lowest BCUT2D eigenvalue weighted by Crippen LogP contribution is -2.45. The van der Waals surface area contributed by atoms with Crippen LogP contribution >= 0.6 is 0 Å². The van der Waals surface area contributed by atoms with Gasteiger partial charge in [0.1, 0.15) is 10.6 Å². The third kappa shape index (κ3) is 3.60. The van der Waals surface area contributed by atoms with Gasteiger partial charge in [0, 0.05) is 32.6 Å². The Bertz CT molecular complexity index is 776. The molecule has 1 amide bonds. The average Bonchev–Trinajstić information content (AvgIpc) is 2.97. The fourth-order valence-corrected chi connectivity index (χ4v) is 5.20. The molecule has 1 atom stereocenters. The van der Waals surface area contributed by atoms with Crippen molar-refractivity contribution >= 4 is 15.9 Å². The summed E-state index contributed by atoms with van der Waals surface area (Å²) in [7, 11) is -3.79. The van der Waals surface area contributed by atoms with Crippen molar-refractivity contribution < 1.29 is 26.5 Å². The highest BCUT2D eigenvalue weighted by Gasteiger charge is 2.44. The van der Waals surface area contributed by atoms with Gasteiger partial charge in [-0.2, -0.15) is 4.31 Å². The lowest BCUT2D eigenvalue weighted by Gasteiger charge is -2.24. The molecule has 0 aromatic carbocycles. The Kier molecular flexibility index (Phi) is 5.06. The Balaban J connectivity index is 1.70. The van der Waals surface area contributed by atoms with Crippen molar-refractivity contribution in [3.05, 3.63) is 11.5 Å². The summed E-state index contributed by atoms with van der Waals surface area (Å²) >= 11 is 0. The molecule has 0 spiro atoms. The Morgan fingerprint density at radius 3 is 2.58 bits per heavy atom. The minimum atomic E-state index is -3.79. The van der Waals surface area contributed by atoms with Gasteiger partial charge >= 0.3 is 0 Å². The lowest BCUT2D eigenvalue weighted by atomic mass is 10.1. The van der Waals surface area contributed by atoms with Crippen LogP contribution in [0.2, 0.25) is 0 Å². The number of aryl methyl sites for hydroxylation is 2. The zero-order valence-corrected chi connectivity index (χ0v) is 15.5. The molecule has 0 bridgehead atoms. The highest BCUT2D eigenvalue weighted by atomic mass is 32.2. The number of rotatable bonds is 3. The van der Waals surface area contributed by atoms with Gasteiger partial charge in [0.05, 0.1) is 12.6 Å². The van der Waals surface area contributed by atoms with Crippen LogP contribution in [0.1, 0.15) is 24.3 Å². The zero-order valence-electron chi connectivity index (χ0n) is 14.7. The molecule has 11 heteroatoms. The molecule has 2 aliphatic heterocycles. The summed E-state index contributed by atoms with van der Waals surface area (Å²) in [4.78, 5) is 14.0. The quantitative estimate of drug-likeness (QED) is 0.805. The van der Waals surface area contributed by atoms with Crippen LogP contribution in [-0.2, 0) is 14.8 Å². The monoisotopic (exact) mass is 392 g/mol. The number of hydrogen-bond acceptors (Lipinski definition) is 6. The first kappa shape index (κ1) is 19.2.